The topological polar surface area (TPSA) is 3.24 Å². The third-order valence-corrected chi connectivity index (χ3v) is 8.07. The monoisotopic (exact) mass is 475 g/mol. The van der Waals surface area contributed by atoms with Crippen LogP contribution in [0.2, 0.25) is 0 Å². The van der Waals surface area contributed by atoms with Gasteiger partial charge in [0.25, 0.3) is 0 Å². The second-order valence-electron chi connectivity index (χ2n) is 10.8. The predicted octanol–water partition coefficient (Wildman–Crippen LogP) is 9.92. The van der Waals surface area contributed by atoms with Gasteiger partial charge in [0.15, 0.2) is 0 Å². The van der Waals surface area contributed by atoms with Gasteiger partial charge in [-0.2, -0.15) is 0 Å². The van der Waals surface area contributed by atoms with E-state index in [2.05, 4.69) is 147 Å². The van der Waals surface area contributed by atoms with E-state index in [1.807, 2.05) is 0 Å². The lowest BCUT2D eigenvalue weighted by atomic mass is 9.82. The Bertz CT molecular complexity index is 1700. The SMILES string of the molecule is Cc1ccc2c(c1)C=Cc1cc(-c3ccccc3)ccc1N2c1ccc2c(c1)C(C)(C)c1ccccc1-2. The Labute approximate surface area is 219 Å². The molecule has 0 spiro atoms. The third kappa shape index (κ3) is 3.38. The van der Waals surface area contributed by atoms with Crippen LogP contribution in [0.25, 0.3) is 34.4 Å². The Morgan fingerprint density at radius 2 is 1.22 bits per heavy atom. The van der Waals surface area contributed by atoms with Crippen molar-refractivity contribution in [2.24, 2.45) is 0 Å². The van der Waals surface area contributed by atoms with E-state index in [0.29, 0.717) is 0 Å². The average molecular weight is 476 g/mol. The molecule has 0 atom stereocenters. The molecule has 0 unspecified atom stereocenters. The highest BCUT2D eigenvalue weighted by molar-refractivity contribution is 5.95. The summed E-state index contributed by atoms with van der Waals surface area (Å²) in [5, 5.41) is 0. The largest absolute Gasteiger partial charge is 0.309 e. The van der Waals surface area contributed by atoms with Crippen molar-refractivity contribution in [3.05, 3.63) is 137 Å². The van der Waals surface area contributed by atoms with E-state index in [9.17, 15) is 0 Å². The number of anilines is 3. The highest BCUT2D eigenvalue weighted by Gasteiger charge is 2.36. The van der Waals surface area contributed by atoms with Crippen LogP contribution in [-0.4, -0.2) is 0 Å². The smallest absolute Gasteiger partial charge is 0.0534 e. The van der Waals surface area contributed by atoms with Crippen molar-refractivity contribution in [3.8, 4) is 22.3 Å². The van der Waals surface area contributed by atoms with Gasteiger partial charge in [-0.15, -0.1) is 0 Å². The van der Waals surface area contributed by atoms with E-state index in [1.165, 1.54) is 67.1 Å². The molecule has 0 N–H and O–H groups in total. The molecule has 0 saturated heterocycles. The van der Waals surface area contributed by atoms with Gasteiger partial charge < -0.3 is 4.90 Å². The maximum Gasteiger partial charge on any atom is 0.0534 e. The van der Waals surface area contributed by atoms with E-state index in [0.717, 1.165) is 0 Å². The van der Waals surface area contributed by atoms with Gasteiger partial charge in [-0.1, -0.05) is 104 Å². The molecule has 7 rings (SSSR count). The highest BCUT2D eigenvalue weighted by atomic mass is 15.1. The van der Waals surface area contributed by atoms with Crippen molar-refractivity contribution in [2.45, 2.75) is 26.2 Å². The van der Waals surface area contributed by atoms with E-state index in [1.54, 1.807) is 0 Å². The van der Waals surface area contributed by atoms with Crippen molar-refractivity contribution >= 4 is 29.2 Å². The summed E-state index contributed by atoms with van der Waals surface area (Å²) < 4.78 is 0. The molecule has 1 heteroatoms. The zero-order valence-corrected chi connectivity index (χ0v) is 21.5. The van der Waals surface area contributed by atoms with Gasteiger partial charge in [-0.05, 0) is 87.8 Å². The van der Waals surface area contributed by atoms with Crippen LogP contribution in [0.15, 0.2) is 109 Å². The molecule has 178 valence electrons. The minimum absolute atomic E-state index is 0.0395. The summed E-state index contributed by atoms with van der Waals surface area (Å²) in [6, 6.07) is 40.1. The minimum Gasteiger partial charge on any atom is -0.309 e. The first-order chi connectivity index (χ1) is 18.0. The van der Waals surface area contributed by atoms with Crippen molar-refractivity contribution in [1.29, 1.82) is 0 Å². The number of hydrogen-bond donors (Lipinski definition) is 0. The van der Waals surface area contributed by atoms with Crippen molar-refractivity contribution in [2.75, 3.05) is 4.90 Å². The Morgan fingerprint density at radius 3 is 2.03 bits per heavy atom. The normalized spacial score (nSPS) is 14.4. The minimum atomic E-state index is -0.0395. The number of benzene rings is 5. The first kappa shape index (κ1) is 21.9. The lowest BCUT2D eigenvalue weighted by molar-refractivity contribution is 0.660. The molecule has 37 heavy (non-hydrogen) atoms. The van der Waals surface area contributed by atoms with E-state index in [-0.39, 0.29) is 5.41 Å². The van der Waals surface area contributed by atoms with Crippen LogP contribution in [0.1, 0.15) is 41.7 Å². The molecular weight excluding hydrogens is 446 g/mol. The summed E-state index contributed by atoms with van der Waals surface area (Å²) in [7, 11) is 0. The molecule has 1 aliphatic carbocycles. The highest BCUT2D eigenvalue weighted by Crippen LogP contribution is 2.51. The molecule has 1 aliphatic heterocycles. The van der Waals surface area contributed by atoms with Crippen LogP contribution in [0, 0.1) is 6.92 Å². The second kappa shape index (κ2) is 8.08. The van der Waals surface area contributed by atoms with Crippen LogP contribution < -0.4 is 4.90 Å². The van der Waals surface area contributed by atoms with Gasteiger partial charge >= 0.3 is 0 Å². The van der Waals surface area contributed by atoms with Crippen LogP contribution >= 0.6 is 0 Å². The summed E-state index contributed by atoms with van der Waals surface area (Å²) in [5.41, 5.74) is 15.3. The third-order valence-electron chi connectivity index (χ3n) is 8.07. The van der Waals surface area contributed by atoms with Crippen LogP contribution in [0.5, 0.6) is 0 Å². The number of aryl methyl sites for hydroxylation is 1. The molecule has 0 bridgehead atoms. The molecule has 0 fully saturated rings. The second-order valence-corrected chi connectivity index (χ2v) is 10.8. The molecule has 0 aromatic heterocycles. The zero-order valence-electron chi connectivity index (χ0n) is 21.5. The summed E-state index contributed by atoms with van der Waals surface area (Å²) >= 11 is 0. The fraction of sp³-hybridized carbons (Fsp3) is 0.111. The maximum absolute atomic E-state index is 2.44. The molecule has 0 saturated carbocycles. The predicted molar refractivity (Wildman–Crippen MR) is 158 cm³/mol. The number of hydrogen-bond acceptors (Lipinski definition) is 1. The molecular formula is C36H29N. The summed E-state index contributed by atoms with van der Waals surface area (Å²) in [5.74, 6) is 0. The van der Waals surface area contributed by atoms with Gasteiger partial charge in [0.05, 0.1) is 11.4 Å². The Kier molecular flexibility index (Phi) is 4.78. The Balaban J connectivity index is 1.44. The van der Waals surface area contributed by atoms with Crippen LogP contribution in [-0.2, 0) is 5.41 Å². The Hall–Kier alpha value is -4.36. The zero-order chi connectivity index (χ0) is 25.1. The first-order valence-corrected chi connectivity index (χ1v) is 13.0. The first-order valence-electron chi connectivity index (χ1n) is 13.0. The molecule has 0 amide bonds. The summed E-state index contributed by atoms with van der Waals surface area (Å²) in [6.07, 6.45) is 4.54. The number of fused-ring (bicyclic) bond motifs is 5. The molecule has 0 radical (unpaired) electrons. The molecule has 1 heterocycles. The van der Waals surface area contributed by atoms with Gasteiger partial charge in [0.2, 0.25) is 0 Å². The quantitative estimate of drug-likeness (QED) is 0.241. The van der Waals surface area contributed by atoms with Gasteiger partial charge in [-0.25, -0.2) is 0 Å². The van der Waals surface area contributed by atoms with Crippen molar-refractivity contribution in [1.82, 2.24) is 0 Å². The van der Waals surface area contributed by atoms with Crippen molar-refractivity contribution < 1.29 is 0 Å². The van der Waals surface area contributed by atoms with Gasteiger partial charge in [0, 0.05) is 11.1 Å². The van der Waals surface area contributed by atoms with Crippen molar-refractivity contribution in [3.63, 3.8) is 0 Å². The van der Waals surface area contributed by atoms with E-state index >= 15 is 0 Å². The maximum atomic E-state index is 2.44. The summed E-state index contributed by atoms with van der Waals surface area (Å²) in [6.45, 7) is 6.87. The molecule has 5 aromatic carbocycles. The molecule has 1 nitrogen and oxygen atoms in total. The van der Waals surface area contributed by atoms with Gasteiger partial charge in [-0.3, -0.25) is 0 Å². The number of nitrogens with zero attached hydrogens (tertiary/aromatic N) is 1. The molecule has 2 aliphatic rings. The fourth-order valence-electron chi connectivity index (χ4n) is 6.13. The van der Waals surface area contributed by atoms with Gasteiger partial charge in [0.1, 0.15) is 0 Å². The lowest BCUT2D eigenvalue weighted by Crippen LogP contribution is -2.17. The lowest BCUT2D eigenvalue weighted by Gasteiger charge is -2.29. The van der Waals surface area contributed by atoms with Crippen LogP contribution in [0.3, 0.4) is 0 Å². The van der Waals surface area contributed by atoms with Crippen LogP contribution in [0.4, 0.5) is 17.1 Å². The average Bonchev–Trinajstić information content (AvgIpc) is 3.05. The number of rotatable bonds is 2. The Morgan fingerprint density at radius 1 is 0.541 bits per heavy atom. The standard InChI is InChI=1S/C36H29N/c1-24-13-19-34-27(21-24)14-15-28-22-26(25-9-5-4-6-10-25)16-20-35(28)37(34)29-17-18-31-30-11-7-8-12-32(30)36(2,3)33(31)23-29/h4-23H,1-3H3. The van der Waals surface area contributed by atoms with E-state index < -0.39 is 0 Å². The fourth-order valence-corrected chi connectivity index (χ4v) is 6.13. The summed E-state index contributed by atoms with van der Waals surface area (Å²) in [4.78, 5) is 2.44. The molecule has 5 aromatic rings. The van der Waals surface area contributed by atoms with E-state index in [4.69, 9.17) is 0 Å².